The standard InChI is InChI=1S/C42H33N/c1-42(2,39-19-4-3-5-20-39)40-23-21-30(22-24-40)31-13-8-14-32(25-31)33-15-9-16-34(26-33)35-17-10-18-37(27-35)41-28-36-11-6-7-12-38(36)29-43-41/h3-29H,1-2H3. The minimum atomic E-state index is -0.0518. The zero-order valence-electron chi connectivity index (χ0n) is 24.5. The first-order valence-corrected chi connectivity index (χ1v) is 14.9. The highest BCUT2D eigenvalue weighted by Crippen LogP contribution is 2.35. The molecule has 0 bridgehead atoms. The van der Waals surface area contributed by atoms with Crippen LogP contribution in [0.3, 0.4) is 0 Å². The Hall–Kier alpha value is -5.27. The molecule has 0 aliphatic carbocycles. The third-order valence-electron chi connectivity index (χ3n) is 8.62. The summed E-state index contributed by atoms with van der Waals surface area (Å²) in [6.07, 6.45) is 1.96. The molecule has 0 N–H and O–H groups in total. The maximum absolute atomic E-state index is 4.75. The summed E-state index contributed by atoms with van der Waals surface area (Å²) in [5.74, 6) is 0. The normalized spacial score (nSPS) is 11.5. The molecule has 0 radical (unpaired) electrons. The first-order chi connectivity index (χ1) is 21.0. The highest BCUT2D eigenvalue weighted by atomic mass is 14.7. The number of fused-ring (bicyclic) bond motifs is 1. The summed E-state index contributed by atoms with van der Waals surface area (Å²) < 4.78 is 0. The molecule has 43 heavy (non-hydrogen) atoms. The van der Waals surface area contributed by atoms with Crippen molar-refractivity contribution in [2.24, 2.45) is 0 Å². The van der Waals surface area contributed by atoms with Crippen molar-refractivity contribution in [3.05, 3.63) is 175 Å². The number of rotatable bonds is 6. The van der Waals surface area contributed by atoms with E-state index in [2.05, 4.69) is 172 Å². The molecular weight excluding hydrogens is 518 g/mol. The van der Waals surface area contributed by atoms with Gasteiger partial charge in [0.1, 0.15) is 0 Å². The van der Waals surface area contributed by atoms with Gasteiger partial charge in [0.05, 0.1) is 5.69 Å². The predicted octanol–water partition coefficient (Wildman–Crippen LogP) is 11.2. The van der Waals surface area contributed by atoms with Crippen LogP contribution in [0.5, 0.6) is 0 Å². The lowest BCUT2D eigenvalue weighted by molar-refractivity contribution is 0.641. The van der Waals surface area contributed by atoms with Gasteiger partial charge in [-0.3, -0.25) is 4.98 Å². The lowest BCUT2D eigenvalue weighted by Crippen LogP contribution is -2.18. The first kappa shape index (κ1) is 26.6. The van der Waals surface area contributed by atoms with E-state index in [-0.39, 0.29) is 5.41 Å². The first-order valence-electron chi connectivity index (χ1n) is 14.9. The molecule has 0 atom stereocenters. The molecule has 0 amide bonds. The van der Waals surface area contributed by atoms with Gasteiger partial charge in [0, 0.05) is 22.6 Å². The van der Waals surface area contributed by atoms with Gasteiger partial charge in [-0.1, -0.05) is 147 Å². The van der Waals surface area contributed by atoms with E-state index in [1.54, 1.807) is 0 Å². The van der Waals surface area contributed by atoms with E-state index in [9.17, 15) is 0 Å². The quantitative estimate of drug-likeness (QED) is 0.200. The average molecular weight is 552 g/mol. The Morgan fingerprint density at radius 1 is 0.372 bits per heavy atom. The fourth-order valence-electron chi connectivity index (χ4n) is 5.96. The molecule has 0 aliphatic heterocycles. The van der Waals surface area contributed by atoms with Crippen LogP contribution in [-0.4, -0.2) is 4.98 Å². The van der Waals surface area contributed by atoms with Crippen LogP contribution in [0, 0.1) is 0 Å². The Kier molecular flexibility index (Phi) is 6.93. The lowest BCUT2D eigenvalue weighted by atomic mass is 9.78. The van der Waals surface area contributed by atoms with Crippen LogP contribution in [-0.2, 0) is 5.41 Å². The molecule has 0 unspecified atom stereocenters. The van der Waals surface area contributed by atoms with Gasteiger partial charge in [0.2, 0.25) is 0 Å². The molecule has 0 saturated heterocycles. The van der Waals surface area contributed by atoms with Gasteiger partial charge in [-0.25, -0.2) is 0 Å². The SMILES string of the molecule is CC(C)(c1ccccc1)c1ccc(-c2cccc(-c3cccc(-c4cccc(-c5cc6ccccc6cn5)c4)c3)c2)cc1. The van der Waals surface area contributed by atoms with Gasteiger partial charge in [-0.05, 0) is 74.2 Å². The second kappa shape index (κ2) is 11.2. The average Bonchev–Trinajstić information content (AvgIpc) is 3.09. The maximum atomic E-state index is 4.75. The zero-order chi connectivity index (χ0) is 29.2. The molecule has 0 saturated carbocycles. The van der Waals surface area contributed by atoms with Crippen molar-refractivity contribution in [3.63, 3.8) is 0 Å². The van der Waals surface area contributed by atoms with Crippen LogP contribution in [0.15, 0.2) is 164 Å². The zero-order valence-corrected chi connectivity index (χ0v) is 24.5. The monoisotopic (exact) mass is 551 g/mol. The second-order valence-electron chi connectivity index (χ2n) is 11.7. The topological polar surface area (TPSA) is 12.9 Å². The van der Waals surface area contributed by atoms with Crippen LogP contribution in [0.1, 0.15) is 25.0 Å². The van der Waals surface area contributed by atoms with Gasteiger partial charge >= 0.3 is 0 Å². The minimum Gasteiger partial charge on any atom is -0.256 e. The van der Waals surface area contributed by atoms with Crippen LogP contribution in [0.25, 0.3) is 55.4 Å². The summed E-state index contributed by atoms with van der Waals surface area (Å²) in [7, 11) is 0. The molecule has 0 fully saturated rings. The summed E-state index contributed by atoms with van der Waals surface area (Å²) in [5.41, 5.74) is 11.9. The van der Waals surface area contributed by atoms with Gasteiger partial charge in [-0.15, -0.1) is 0 Å². The summed E-state index contributed by atoms with van der Waals surface area (Å²) in [4.78, 5) is 4.75. The Balaban J connectivity index is 1.17. The van der Waals surface area contributed by atoms with Gasteiger partial charge in [-0.2, -0.15) is 0 Å². The van der Waals surface area contributed by atoms with Crippen molar-refractivity contribution >= 4 is 10.8 Å². The van der Waals surface area contributed by atoms with Crippen LogP contribution < -0.4 is 0 Å². The van der Waals surface area contributed by atoms with E-state index in [4.69, 9.17) is 4.98 Å². The Bertz CT molecular complexity index is 2030. The van der Waals surface area contributed by atoms with E-state index >= 15 is 0 Å². The van der Waals surface area contributed by atoms with E-state index in [0.29, 0.717) is 0 Å². The smallest absolute Gasteiger partial charge is 0.0708 e. The largest absolute Gasteiger partial charge is 0.256 e. The predicted molar refractivity (Wildman–Crippen MR) is 182 cm³/mol. The van der Waals surface area contributed by atoms with E-state index < -0.39 is 0 Å². The van der Waals surface area contributed by atoms with Crippen LogP contribution in [0.2, 0.25) is 0 Å². The van der Waals surface area contributed by atoms with E-state index in [1.165, 1.54) is 49.9 Å². The third kappa shape index (κ3) is 5.38. The maximum Gasteiger partial charge on any atom is 0.0708 e. The fourth-order valence-corrected chi connectivity index (χ4v) is 5.96. The second-order valence-corrected chi connectivity index (χ2v) is 11.7. The lowest BCUT2D eigenvalue weighted by Gasteiger charge is -2.26. The summed E-state index contributed by atoms with van der Waals surface area (Å²) in [6.45, 7) is 4.58. The van der Waals surface area contributed by atoms with Crippen molar-refractivity contribution < 1.29 is 0 Å². The Morgan fingerprint density at radius 3 is 1.44 bits per heavy atom. The number of benzene rings is 6. The number of hydrogen-bond donors (Lipinski definition) is 0. The molecular formula is C42H33N. The van der Waals surface area contributed by atoms with Gasteiger partial charge in [0.25, 0.3) is 0 Å². The molecule has 7 aromatic rings. The Labute approximate surface area is 254 Å². The fraction of sp³-hybridized carbons (Fsp3) is 0.0714. The molecule has 0 aliphatic rings. The van der Waals surface area contributed by atoms with Crippen LogP contribution in [0.4, 0.5) is 0 Å². The Morgan fingerprint density at radius 2 is 0.837 bits per heavy atom. The van der Waals surface area contributed by atoms with Crippen LogP contribution >= 0.6 is 0 Å². The highest BCUT2D eigenvalue weighted by Gasteiger charge is 2.22. The minimum absolute atomic E-state index is 0.0518. The molecule has 1 nitrogen and oxygen atoms in total. The summed E-state index contributed by atoms with van der Waals surface area (Å²) in [5, 5.41) is 2.36. The number of nitrogens with zero attached hydrogens (tertiary/aromatic N) is 1. The molecule has 1 heterocycles. The molecule has 206 valence electrons. The van der Waals surface area contributed by atoms with E-state index in [0.717, 1.165) is 16.6 Å². The van der Waals surface area contributed by atoms with Crippen molar-refractivity contribution in [3.8, 4) is 44.6 Å². The van der Waals surface area contributed by atoms with Gasteiger partial charge in [0.15, 0.2) is 0 Å². The molecule has 1 heteroatoms. The molecule has 7 rings (SSSR count). The highest BCUT2D eigenvalue weighted by molar-refractivity contribution is 5.86. The van der Waals surface area contributed by atoms with Crippen molar-refractivity contribution in [2.75, 3.05) is 0 Å². The summed E-state index contributed by atoms with van der Waals surface area (Å²) in [6, 6.07) is 56.7. The molecule has 0 spiro atoms. The van der Waals surface area contributed by atoms with E-state index in [1.807, 2.05) is 6.20 Å². The third-order valence-corrected chi connectivity index (χ3v) is 8.62. The molecule has 6 aromatic carbocycles. The number of aromatic nitrogens is 1. The number of pyridine rings is 1. The van der Waals surface area contributed by atoms with Crippen molar-refractivity contribution in [1.29, 1.82) is 0 Å². The summed E-state index contributed by atoms with van der Waals surface area (Å²) >= 11 is 0. The van der Waals surface area contributed by atoms with Crippen molar-refractivity contribution in [2.45, 2.75) is 19.3 Å². The molecule has 1 aromatic heterocycles. The number of hydrogen-bond acceptors (Lipinski definition) is 1. The van der Waals surface area contributed by atoms with Crippen molar-refractivity contribution in [1.82, 2.24) is 4.98 Å². The van der Waals surface area contributed by atoms with Gasteiger partial charge < -0.3 is 0 Å².